The van der Waals surface area contributed by atoms with Crippen LogP contribution in [0.3, 0.4) is 0 Å². The number of rotatable bonds is 6. The van der Waals surface area contributed by atoms with Gasteiger partial charge >= 0.3 is 7.82 Å². The highest BCUT2D eigenvalue weighted by Crippen LogP contribution is 2.49. The summed E-state index contributed by atoms with van der Waals surface area (Å²) in [5, 5.41) is 0. The first kappa shape index (κ1) is 22.9. The molecule has 5 nitrogen and oxygen atoms in total. The summed E-state index contributed by atoms with van der Waals surface area (Å²) in [6.07, 6.45) is 0.654. The van der Waals surface area contributed by atoms with Crippen molar-refractivity contribution in [3.63, 3.8) is 0 Å². The Morgan fingerprint density at radius 1 is 0.923 bits per heavy atom. The molecule has 2 atom stereocenters. The number of phosphoric acid groups is 1. The molecule has 0 saturated heterocycles. The van der Waals surface area contributed by atoms with Crippen molar-refractivity contribution in [2.45, 2.75) is 19.1 Å². The summed E-state index contributed by atoms with van der Waals surface area (Å²) in [6.45, 7) is 4.97. The zero-order valence-electron chi connectivity index (χ0n) is 14.6. The summed E-state index contributed by atoms with van der Waals surface area (Å²) in [7, 11) is -1.24. The highest BCUT2D eigenvalue weighted by Gasteiger charge is 2.28. The van der Waals surface area contributed by atoms with Crippen LogP contribution in [0.25, 0.3) is 0 Å². The van der Waals surface area contributed by atoms with Gasteiger partial charge in [-0.05, 0) is 82.6 Å². The standard InChI is InChI=1S/C20H16NO4P.15H2/c1-5-6-7-8-9-10-11-12-13-14-15-16-17-18-20(19(2)21)25-26(22,23-3)24-4;;;;;;;;;;;;;;;/h18-20H,1,21H2,2-4H3;15*1H/t19-,20-;;;;;;;;;;;;;;;/m0.............../s1. The molecular formula is C20H46NO4P. The highest BCUT2D eigenvalue weighted by atomic mass is 31.2. The average molecular weight is 396 g/mol. The van der Waals surface area contributed by atoms with Crippen LogP contribution in [0.1, 0.15) is 28.3 Å². The van der Waals surface area contributed by atoms with Gasteiger partial charge in [-0.3, -0.25) is 13.6 Å². The lowest BCUT2D eigenvalue weighted by Gasteiger charge is -2.21. The van der Waals surface area contributed by atoms with Crippen molar-refractivity contribution in [2.24, 2.45) is 5.73 Å². The molecule has 0 rings (SSSR count). The van der Waals surface area contributed by atoms with Crippen LogP contribution in [0, 0.1) is 0 Å². The molecular weight excluding hydrogens is 349 g/mol. The van der Waals surface area contributed by atoms with E-state index in [9.17, 15) is 4.57 Å². The molecule has 0 amide bonds. The Balaban J connectivity index is -0.0000000298. The minimum absolute atomic E-state index is 0. The number of phosphoric ester groups is 1. The van der Waals surface area contributed by atoms with Crippen LogP contribution in [0.5, 0.6) is 0 Å². The van der Waals surface area contributed by atoms with Crippen LogP contribution in [-0.2, 0) is 18.1 Å². The maximum absolute atomic E-state index is 11.9. The summed E-state index contributed by atoms with van der Waals surface area (Å²) < 4.78 is 26.5. The maximum atomic E-state index is 11.9. The van der Waals surface area contributed by atoms with E-state index in [1.807, 2.05) is 0 Å². The third-order valence-electron chi connectivity index (χ3n) is 2.25. The molecule has 0 bridgehead atoms. The van der Waals surface area contributed by atoms with E-state index in [4.69, 9.17) is 19.3 Å². The average Bonchev–Trinajstić information content (AvgIpc) is 2.64. The van der Waals surface area contributed by atoms with Crippen molar-refractivity contribution in [1.29, 1.82) is 0 Å². The lowest BCUT2D eigenvalue weighted by molar-refractivity contribution is 0.116. The van der Waals surface area contributed by atoms with Crippen molar-refractivity contribution in [3.8, 4) is 0 Å². The van der Waals surface area contributed by atoms with E-state index in [1.165, 1.54) is 20.3 Å². The lowest BCUT2D eigenvalue weighted by atomic mass is 10.2. The molecule has 0 aliphatic heterocycles. The third-order valence-corrected chi connectivity index (χ3v) is 3.65. The molecule has 0 aromatic rings. The zero-order valence-corrected chi connectivity index (χ0v) is 15.5. The van der Waals surface area contributed by atoms with E-state index in [0.29, 0.717) is 0 Å². The van der Waals surface area contributed by atoms with Crippen molar-refractivity contribution in [1.82, 2.24) is 0 Å². The van der Waals surface area contributed by atoms with Gasteiger partial charge in [0.05, 0.1) is 0 Å². The van der Waals surface area contributed by atoms with E-state index in [-0.39, 0.29) is 21.4 Å². The zero-order chi connectivity index (χ0) is 19.7. The minimum Gasteiger partial charge on any atom is -0.325 e. The Kier molecular flexibility index (Phi) is 12.6. The molecule has 160 valence electrons. The molecule has 0 radical (unpaired) electrons. The first-order valence-corrected chi connectivity index (χ1v) is 8.46. The van der Waals surface area contributed by atoms with Crippen molar-refractivity contribution in [2.75, 3.05) is 14.2 Å². The van der Waals surface area contributed by atoms with Gasteiger partial charge in [0, 0.05) is 41.7 Å². The molecule has 0 spiro atoms. The van der Waals surface area contributed by atoms with Gasteiger partial charge in [-0.2, -0.15) is 0 Å². The highest BCUT2D eigenvalue weighted by molar-refractivity contribution is 7.48. The SMILES string of the molecule is C=C=C=C=C=C=C=C=C=C=C=C=C=C=C[C@H](OP(=O)(OC)OC)[C@H](C)N.[HH].[HH].[HH].[HH].[HH].[HH].[HH].[HH].[HH].[HH].[HH].[HH].[HH].[HH].[HH]. The summed E-state index contributed by atoms with van der Waals surface area (Å²) in [4.78, 5) is 0. The van der Waals surface area contributed by atoms with Gasteiger partial charge in [0.1, 0.15) is 6.10 Å². The molecule has 0 unspecified atom stereocenters. The van der Waals surface area contributed by atoms with E-state index in [2.05, 4.69) is 81.1 Å². The van der Waals surface area contributed by atoms with Gasteiger partial charge in [-0.1, -0.05) is 11.5 Å². The molecule has 0 saturated carbocycles. The molecule has 0 aromatic carbocycles. The first-order chi connectivity index (χ1) is 12.5. The molecule has 0 aliphatic carbocycles. The third kappa shape index (κ3) is 11.5. The van der Waals surface area contributed by atoms with Crippen molar-refractivity contribution < 1.29 is 39.5 Å². The maximum Gasteiger partial charge on any atom is 0.474 e. The molecule has 2 N–H and O–H groups in total. The fourth-order valence-electron chi connectivity index (χ4n) is 1.07. The molecule has 6 heteroatoms. The Bertz CT molecular complexity index is 1070. The fraction of sp³-hybridized carbons (Fsp3) is 0.250. The summed E-state index contributed by atoms with van der Waals surface area (Å²) in [6, 6.07) is -0.485. The number of hydrogen-bond donors (Lipinski definition) is 1. The van der Waals surface area contributed by atoms with E-state index in [1.54, 1.807) is 6.92 Å². The van der Waals surface area contributed by atoms with Crippen LogP contribution in [0.2, 0.25) is 0 Å². The molecule has 0 heterocycles. The van der Waals surface area contributed by atoms with Crippen LogP contribution < -0.4 is 5.73 Å². The largest absolute Gasteiger partial charge is 0.474 e. The normalized spacial score (nSPS) is 10.3. The van der Waals surface area contributed by atoms with Crippen LogP contribution in [-0.4, -0.2) is 26.4 Å². The summed E-state index contributed by atoms with van der Waals surface area (Å²) in [5.74, 6) is 0. The molecule has 0 aliphatic rings. The van der Waals surface area contributed by atoms with E-state index >= 15 is 0 Å². The Morgan fingerprint density at radius 3 is 1.73 bits per heavy atom. The summed E-state index contributed by atoms with van der Waals surface area (Å²) in [5.41, 5.74) is 38.1. The van der Waals surface area contributed by atoms with Gasteiger partial charge in [-0.15, -0.1) is 0 Å². The quantitative estimate of drug-likeness (QED) is 0.387. The van der Waals surface area contributed by atoms with Crippen molar-refractivity contribution >= 4 is 7.82 Å². The number of hydrogen-bond acceptors (Lipinski definition) is 5. The van der Waals surface area contributed by atoms with Crippen molar-refractivity contribution in [3.05, 3.63) is 87.2 Å². The minimum atomic E-state index is -3.66. The molecule has 0 aromatic heterocycles. The van der Waals surface area contributed by atoms with Gasteiger partial charge in [0.25, 0.3) is 0 Å². The smallest absolute Gasteiger partial charge is 0.325 e. The second-order valence-electron chi connectivity index (χ2n) is 4.10. The van der Waals surface area contributed by atoms with Gasteiger partial charge in [-0.25, -0.2) is 4.57 Å². The first-order valence-electron chi connectivity index (χ1n) is 7.00. The molecule has 0 fully saturated rings. The second kappa shape index (κ2) is 14.3. The predicted octanol–water partition coefficient (Wildman–Crippen LogP) is 7.01. The predicted molar refractivity (Wildman–Crippen MR) is 128 cm³/mol. The molecule has 26 heavy (non-hydrogen) atoms. The Morgan fingerprint density at radius 2 is 1.35 bits per heavy atom. The monoisotopic (exact) mass is 395 g/mol. The Hall–Kier alpha value is -3.05. The van der Waals surface area contributed by atoms with Crippen LogP contribution in [0.15, 0.2) is 87.2 Å². The number of nitrogens with two attached hydrogens (primary N) is 1. The topological polar surface area (TPSA) is 70.8 Å². The lowest BCUT2D eigenvalue weighted by Crippen LogP contribution is -2.31. The fourth-order valence-corrected chi connectivity index (χ4v) is 1.95. The van der Waals surface area contributed by atoms with E-state index in [0.717, 1.165) is 0 Å². The summed E-state index contributed by atoms with van der Waals surface area (Å²) >= 11 is 0. The van der Waals surface area contributed by atoms with Crippen LogP contribution >= 0.6 is 7.82 Å². The second-order valence-corrected chi connectivity index (χ2v) is 5.94. The Labute approximate surface area is 175 Å². The van der Waals surface area contributed by atoms with E-state index < -0.39 is 20.0 Å². The van der Waals surface area contributed by atoms with Gasteiger partial charge in [0.15, 0.2) is 0 Å². The van der Waals surface area contributed by atoms with Gasteiger partial charge in [0.2, 0.25) is 0 Å². The van der Waals surface area contributed by atoms with Crippen LogP contribution in [0.4, 0.5) is 0 Å². The van der Waals surface area contributed by atoms with Gasteiger partial charge < -0.3 is 5.73 Å².